The number of aryl methyl sites for hydroxylation is 1. The van der Waals surface area contributed by atoms with E-state index in [0.717, 1.165) is 69.4 Å². The molecule has 0 atom stereocenters. The Labute approximate surface area is 329 Å². The lowest BCUT2D eigenvalue weighted by Gasteiger charge is -2.12. The summed E-state index contributed by atoms with van der Waals surface area (Å²) in [6.07, 6.45) is 9.78. The van der Waals surface area contributed by atoms with Crippen molar-refractivity contribution in [3.8, 4) is 28.4 Å². The van der Waals surface area contributed by atoms with E-state index in [2.05, 4.69) is 6.58 Å². The van der Waals surface area contributed by atoms with Crippen LogP contribution in [0.1, 0.15) is 90.5 Å². The average Bonchev–Trinajstić information content (AvgIpc) is 3.20. The van der Waals surface area contributed by atoms with Crippen molar-refractivity contribution >= 4 is 28.0 Å². The molecule has 11 nitrogen and oxygen atoms in total. The van der Waals surface area contributed by atoms with Crippen molar-refractivity contribution in [3.63, 3.8) is 0 Å². The van der Waals surface area contributed by atoms with Crippen LogP contribution in [-0.4, -0.2) is 57.9 Å². The molecule has 0 aromatic heterocycles. The van der Waals surface area contributed by atoms with Crippen LogP contribution in [-0.2, 0) is 23.8 Å². The molecule has 4 aromatic rings. The number of hydrogen-bond acceptors (Lipinski definition) is 10. The van der Waals surface area contributed by atoms with Crippen LogP contribution in [0.2, 0.25) is 0 Å². The lowest BCUT2D eigenvalue weighted by molar-refractivity contribution is -0.137. The maximum Gasteiger partial charge on any atom is 0.343 e. The van der Waals surface area contributed by atoms with Gasteiger partial charge in [0, 0.05) is 6.08 Å². The quantitative estimate of drug-likeness (QED) is 0.0225. The number of benzene rings is 4. The number of unbranched alkanes of at least 4 members (excludes halogenated alkanes) is 8. The first-order valence-electron chi connectivity index (χ1n) is 18.9. The summed E-state index contributed by atoms with van der Waals surface area (Å²) in [6, 6.07) is 24.7. The molecule has 0 heterocycles. The maximum atomic E-state index is 12.8. The fourth-order valence-electron chi connectivity index (χ4n) is 5.62. The molecule has 0 aliphatic heterocycles. The molecule has 0 aliphatic rings. The van der Waals surface area contributed by atoms with Gasteiger partial charge in [0.25, 0.3) is 10.1 Å². The van der Waals surface area contributed by atoms with E-state index in [-0.39, 0.29) is 17.1 Å². The minimum Gasteiger partial charge on any atom is -0.494 e. The number of carbonyl (C=O) groups excluding carboxylic acids is 2. The Kier molecular flexibility index (Phi) is 17.6. The molecule has 0 saturated heterocycles. The largest absolute Gasteiger partial charge is 0.494 e. The molecule has 12 heteroatoms. The summed E-state index contributed by atoms with van der Waals surface area (Å²) in [7, 11) is -3.74. The fraction of sp³-hybridized carbons (Fsp3) is 0.341. The zero-order chi connectivity index (χ0) is 40.2. The van der Waals surface area contributed by atoms with Crippen molar-refractivity contribution in [1.29, 1.82) is 0 Å². The summed E-state index contributed by atoms with van der Waals surface area (Å²) in [6.45, 7) is 6.77. The summed E-state index contributed by atoms with van der Waals surface area (Å²) < 4.78 is 52.0. The van der Waals surface area contributed by atoms with Crippen LogP contribution in [0.4, 0.5) is 0 Å². The summed E-state index contributed by atoms with van der Waals surface area (Å²) in [4.78, 5) is 36.0. The maximum absolute atomic E-state index is 12.8. The Hall–Kier alpha value is -5.46. The third kappa shape index (κ3) is 14.6. The molecule has 0 unspecified atom stereocenters. The van der Waals surface area contributed by atoms with Crippen LogP contribution >= 0.6 is 0 Å². The van der Waals surface area contributed by atoms with Gasteiger partial charge in [0.2, 0.25) is 0 Å². The van der Waals surface area contributed by atoms with E-state index in [1.807, 2.05) is 6.92 Å². The van der Waals surface area contributed by atoms with Gasteiger partial charge in [-0.15, -0.1) is 0 Å². The van der Waals surface area contributed by atoms with Crippen molar-refractivity contribution in [2.24, 2.45) is 0 Å². The highest BCUT2D eigenvalue weighted by Crippen LogP contribution is 2.30. The topological polar surface area (TPSA) is 152 Å². The Morgan fingerprint density at radius 2 is 1.18 bits per heavy atom. The summed E-state index contributed by atoms with van der Waals surface area (Å²) in [5.74, 6) is -0.538. The SMILES string of the molecule is C=CC(=O)OCCCCCCOc1ccc(C(=O)Oc2ccc(-c3cc(OCCCCCCCCOS(=O)(=O)c4ccc(C)cc4)ccc3C(=O)O)cc2)cc1. The molecular formula is C44H50O11S. The van der Waals surface area contributed by atoms with Gasteiger partial charge in [-0.3, -0.25) is 4.18 Å². The predicted molar refractivity (Wildman–Crippen MR) is 213 cm³/mol. The standard InChI is InChI=1S/C44H50O11S/c1-3-42(45)53-30-12-9-8-11-28-51-36-20-18-35(19-21-36)44(48)55-37-22-16-34(17-23-37)41-32-38(24-27-40(41)43(46)47)52-29-10-6-4-5-7-13-31-54-56(49,50)39-25-14-33(2)15-26-39/h3,14-27,32H,1,4-13,28-31H2,2H3,(H,46,47). The summed E-state index contributed by atoms with van der Waals surface area (Å²) in [5.41, 5.74) is 2.55. The smallest absolute Gasteiger partial charge is 0.343 e. The molecule has 0 aliphatic carbocycles. The molecule has 4 aromatic carbocycles. The van der Waals surface area contributed by atoms with E-state index in [4.69, 9.17) is 23.1 Å². The Bertz CT molecular complexity index is 1970. The van der Waals surface area contributed by atoms with Gasteiger partial charge >= 0.3 is 17.9 Å². The Morgan fingerprint density at radius 1 is 0.643 bits per heavy atom. The normalized spacial score (nSPS) is 11.1. The average molecular weight is 787 g/mol. The van der Waals surface area contributed by atoms with Gasteiger partial charge in [0.15, 0.2) is 0 Å². The molecule has 56 heavy (non-hydrogen) atoms. The lowest BCUT2D eigenvalue weighted by atomic mass is 9.99. The van der Waals surface area contributed by atoms with E-state index in [1.54, 1.807) is 84.9 Å². The molecule has 298 valence electrons. The molecule has 0 fully saturated rings. The van der Waals surface area contributed by atoms with E-state index in [0.29, 0.717) is 60.2 Å². The minimum atomic E-state index is -3.74. The Balaban J connectivity index is 1.15. The molecule has 0 spiro atoms. The van der Waals surface area contributed by atoms with Crippen LogP contribution in [0.15, 0.2) is 109 Å². The molecule has 1 N–H and O–H groups in total. The number of ether oxygens (including phenoxy) is 4. The minimum absolute atomic E-state index is 0.117. The third-order valence-corrected chi connectivity index (χ3v) is 10.1. The van der Waals surface area contributed by atoms with Gasteiger partial charge in [-0.25, -0.2) is 14.4 Å². The first-order valence-corrected chi connectivity index (χ1v) is 20.3. The lowest BCUT2D eigenvalue weighted by Crippen LogP contribution is -2.08. The third-order valence-electron chi connectivity index (χ3n) is 8.76. The zero-order valence-electron chi connectivity index (χ0n) is 31.8. The van der Waals surface area contributed by atoms with E-state index >= 15 is 0 Å². The first-order chi connectivity index (χ1) is 27.1. The van der Waals surface area contributed by atoms with Gasteiger partial charge in [0.05, 0.1) is 42.4 Å². The highest BCUT2D eigenvalue weighted by atomic mass is 32.2. The van der Waals surface area contributed by atoms with E-state index in [1.165, 1.54) is 6.07 Å². The zero-order valence-corrected chi connectivity index (χ0v) is 32.6. The van der Waals surface area contributed by atoms with E-state index in [9.17, 15) is 27.9 Å². The summed E-state index contributed by atoms with van der Waals surface area (Å²) in [5, 5.41) is 9.84. The number of hydrogen-bond donors (Lipinski definition) is 1. The van der Waals surface area contributed by atoms with Crippen LogP contribution in [0.5, 0.6) is 17.2 Å². The molecule has 0 bridgehead atoms. The van der Waals surface area contributed by atoms with Gasteiger partial charge < -0.3 is 24.1 Å². The summed E-state index contributed by atoms with van der Waals surface area (Å²) >= 11 is 0. The second-order valence-corrected chi connectivity index (χ2v) is 14.8. The number of carboxylic acid groups (broad SMARTS) is 1. The van der Waals surface area contributed by atoms with Crippen molar-refractivity contribution in [2.75, 3.05) is 26.4 Å². The number of rotatable bonds is 25. The van der Waals surface area contributed by atoms with Gasteiger partial charge in [-0.05, 0) is 123 Å². The first kappa shape index (κ1) is 43.3. The number of esters is 2. The molecule has 4 rings (SSSR count). The van der Waals surface area contributed by atoms with Crippen molar-refractivity contribution in [1.82, 2.24) is 0 Å². The van der Waals surface area contributed by atoms with Crippen molar-refractivity contribution in [3.05, 3.63) is 120 Å². The number of carboxylic acids is 1. The second-order valence-electron chi connectivity index (χ2n) is 13.1. The van der Waals surface area contributed by atoms with Crippen LogP contribution < -0.4 is 14.2 Å². The monoisotopic (exact) mass is 786 g/mol. The highest BCUT2D eigenvalue weighted by Gasteiger charge is 2.16. The van der Waals surface area contributed by atoms with Crippen LogP contribution in [0.25, 0.3) is 11.1 Å². The molecular weight excluding hydrogens is 737 g/mol. The van der Waals surface area contributed by atoms with Crippen molar-refractivity contribution < 1.29 is 51.0 Å². The van der Waals surface area contributed by atoms with Gasteiger partial charge in [-0.2, -0.15) is 8.42 Å². The van der Waals surface area contributed by atoms with Crippen molar-refractivity contribution in [2.45, 2.75) is 76.0 Å². The second kappa shape index (κ2) is 22.8. The van der Waals surface area contributed by atoms with Crippen LogP contribution in [0, 0.1) is 6.92 Å². The molecule has 0 saturated carbocycles. The van der Waals surface area contributed by atoms with E-state index < -0.39 is 28.0 Å². The molecule has 0 amide bonds. The number of aromatic carboxylic acids is 1. The highest BCUT2D eigenvalue weighted by molar-refractivity contribution is 7.86. The predicted octanol–water partition coefficient (Wildman–Crippen LogP) is 9.37. The van der Waals surface area contributed by atoms with Crippen LogP contribution in [0.3, 0.4) is 0 Å². The van der Waals surface area contributed by atoms with Gasteiger partial charge in [-0.1, -0.05) is 62.1 Å². The molecule has 0 radical (unpaired) electrons. The Morgan fingerprint density at radius 3 is 1.79 bits per heavy atom. The fourth-order valence-corrected chi connectivity index (χ4v) is 6.56. The van der Waals surface area contributed by atoms with Gasteiger partial charge in [0.1, 0.15) is 17.2 Å². The number of carbonyl (C=O) groups is 3.